The Morgan fingerprint density at radius 3 is 1.85 bits per heavy atom. The standard InChI is InChI=1S/C16H17N3O/c1-11(12(2)19-20)18-16-9-5-14(6-10-16)13-3-7-15(17)8-4-13/h3-10,20H,17H2,1-2H3/b18-11?,19-12-. The van der Waals surface area contributed by atoms with Crippen molar-refractivity contribution in [1.29, 1.82) is 0 Å². The van der Waals surface area contributed by atoms with Crippen molar-refractivity contribution in [2.45, 2.75) is 13.8 Å². The monoisotopic (exact) mass is 267 g/mol. The molecular formula is C16H17N3O. The van der Waals surface area contributed by atoms with Crippen LogP contribution in [-0.4, -0.2) is 16.6 Å². The quantitative estimate of drug-likeness (QED) is 0.383. The summed E-state index contributed by atoms with van der Waals surface area (Å²) in [4.78, 5) is 4.38. The highest BCUT2D eigenvalue weighted by molar-refractivity contribution is 6.40. The van der Waals surface area contributed by atoms with E-state index in [0.717, 1.165) is 22.5 Å². The predicted molar refractivity (Wildman–Crippen MR) is 84.0 cm³/mol. The molecule has 0 unspecified atom stereocenters. The van der Waals surface area contributed by atoms with E-state index in [0.29, 0.717) is 11.4 Å². The van der Waals surface area contributed by atoms with Crippen LogP contribution in [0.15, 0.2) is 58.7 Å². The first kappa shape index (κ1) is 13.8. The minimum absolute atomic E-state index is 0.507. The smallest absolute Gasteiger partial charge is 0.0976 e. The van der Waals surface area contributed by atoms with Gasteiger partial charge in [-0.1, -0.05) is 29.4 Å². The lowest BCUT2D eigenvalue weighted by molar-refractivity contribution is 0.320. The molecule has 0 saturated heterocycles. The molecule has 3 N–H and O–H groups in total. The molecule has 0 aromatic heterocycles. The zero-order valence-electron chi connectivity index (χ0n) is 11.5. The lowest BCUT2D eigenvalue weighted by Gasteiger charge is -2.03. The zero-order chi connectivity index (χ0) is 14.5. The van der Waals surface area contributed by atoms with E-state index >= 15 is 0 Å². The summed E-state index contributed by atoms with van der Waals surface area (Å²) in [6.07, 6.45) is 0. The average molecular weight is 267 g/mol. The summed E-state index contributed by atoms with van der Waals surface area (Å²) in [6.45, 7) is 3.52. The molecule has 102 valence electrons. The van der Waals surface area contributed by atoms with Gasteiger partial charge >= 0.3 is 0 Å². The van der Waals surface area contributed by atoms with Crippen LogP contribution in [0.3, 0.4) is 0 Å². The Kier molecular flexibility index (Phi) is 4.15. The summed E-state index contributed by atoms with van der Waals surface area (Å²) < 4.78 is 0. The van der Waals surface area contributed by atoms with Gasteiger partial charge in [-0.25, -0.2) is 0 Å². The van der Waals surface area contributed by atoms with Crippen LogP contribution in [0.5, 0.6) is 0 Å². The van der Waals surface area contributed by atoms with E-state index in [2.05, 4.69) is 10.1 Å². The summed E-state index contributed by atoms with van der Waals surface area (Å²) in [6, 6.07) is 15.6. The third-order valence-corrected chi connectivity index (χ3v) is 3.08. The van der Waals surface area contributed by atoms with Crippen LogP contribution < -0.4 is 5.73 Å². The number of anilines is 1. The van der Waals surface area contributed by atoms with Gasteiger partial charge in [-0.15, -0.1) is 0 Å². The number of aliphatic imine (C=N–C) groups is 1. The van der Waals surface area contributed by atoms with Crippen molar-refractivity contribution in [2.24, 2.45) is 10.1 Å². The van der Waals surface area contributed by atoms with Gasteiger partial charge in [-0.2, -0.15) is 0 Å². The molecule has 0 heterocycles. The van der Waals surface area contributed by atoms with Crippen molar-refractivity contribution in [3.63, 3.8) is 0 Å². The van der Waals surface area contributed by atoms with Gasteiger partial charge in [0.1, 0.15) is 0 Å². The van der Waals surface area contributed by atoms with Crippen molar-refractivity contribution < 1.29 is 5.21 Å². The van der Waals surface area contributed by atoms with Crippen LogP contribution in [0.2, 0.25) is 0 Å². The molecule has 2 aromatic carbocycles. The number of nitrogens with two attached hydrogens (primary N) is 1. The lowest BCUT2D eigenvalue weighted by atomic mass is 10.1. The summed E-state index contributed by atoms with van der Waals surface area (Å²) in [5.41, 5.74) is 10.7. The largest absolute Gasteiger partial charge is 0.411 e. The maximum absolute atomic E-state index is 8.70. The maximum atomic E-state index is 8.70. The van der Waals surface area contributed by atoms with Gasteiger partial charge in [0.15, 0.2) is 0 Å². The maximum Gasteiger partial charge on any atom is 0.0976 e. The number of benzene rings is 2. The lowest BCUT2D eigenvalue weighted by Crippen LogP contribution is -2.04. The Labute approximate surface area is 118 Å². The molecule has 0 spiro atoms. The predicted octanol–water partition coefficient (Wildman–Crippen LogP) is 3.88. The number of oxime groups is 1. The fourth-order valence-electron chi connectivity index (χ4n) is 1.75. The van der Waals surface area contributed by atoms with E-state index in [1.54, 1.807) is 6.92 Å². The number of hydrogen-bond acceptors (Lipinski definition) is 4. The van der Waals surface area contributed by atoms with Crippen molar-refractivity contribution in [3.8, 4) is 11.1 Å². The second-order valence-electron chi connectivity index (χ2n) is 4.55. The Morgan fingerprint density at radius 1 is 0.850 bits per heavy atom. The van der Waals surface area contributed by atoms with Gasteiger partial charge in [0.2, 0.25) is 0 Å². The van der Waals surface area contributed by atoms with Crippen LogP contribution in [0, 0.1) is 0 Å². The van der Waals surface area contributed by atoms with Crippen LogP contribution in [0.4, 0.5) is 11.4 Å². The molecule has 20 heavy (non-hydrogen) atoms. The topological polar surface area (TPSA) is 71.0 Å². The fraction of sp³-hybridized carbons (Fsp3) is 0.125. The minimum Gasteiger partial charge on any atom is -0.411 e. The number of rotatable bonds is 3. The third-order valence-electron chi connectivity index (χ3n) is 3.08. The summed E-state index contributed by atoms with van der Waals surface area (Å²) >= 11 is 0. The number of hydrogen-bond donors (Lipinski definition) is 2. The minimum atomic E-state index is 0.507. The van der Waals surface area contributed by atoms with E-state index in [1.165, 1.54) is 0 Å². The zero-order valence-corrected chi connectivity index (χ0v) is 11.5. The van der Waals surface area contributed by atoms with Gasteiger partial charge in [0.25, 0.3) is 0 Å². The van der Waals surface area contributed by atoms with Gasteiger partial charge in [-0.05, 0) is 49.2 Å². The molecule has 0 amide bonds. The molecule has 0 bridgehead atoms. The Bertz CT molecular complexity index is 640. The van der Waals surface area contributed by atoms with Gasteiger partial charge in [0.05, 0.1) is 17.1 Å². The van der Waals surface area contributed by atoms with Crippen LogP contribution in [0.1, 0.15) is 13.8 Å². The Morgan fingerprint density at radius 2 is 1.35 bits per heavy atom. The van der Waals surface area contributed by atoms with E-state index in [4.69, 9.17) is 10.9 Å². The molecule has 0 radical (unpaired) electrons. The van der Waals surface area contributed by atoms with Crippen LogP contribution in [-0.2, 0) is 0 Å². The Balaban J connectivity index is 2.24. The molecule has 0 aliphatic carbocycles. The van der Waals surface area contributed by atoms with Crippen molar-refractivity contribution in [3.05, 3.63) is 48.5 Å². The van der Waals surface area contributed by atoms with E-state index < -0.39 is 0 Å². The molecule has 0 atom stereocenters. The van der Waals surface area contributed by atoms with E-state index in [9.17, 15) is 0 Å². The van der Waals surface area contributed by atoms with E-state index in [-0.39, 0.29) is 0 Å². The number of nitrogens with zero attached hydrogens (tertiary/aromatic N) is 2. The fourth-order valence-corrected chi connectivity index (χ4v) is 1.75. The van der Waals surface area contributed by atoms with Crippen molar-refractivity contribution in [2.75, 3.05) is 5.73 Å². The first-order chi connectivity index (χ1) is 9.60. The van der Waals surface area contributed by atoms with Crippen LogP contribution >= 0.6 is 0 Å². The van der Waals surface area contributed by atoms with Crippen molar-refractivity contribution >= 4 is 22.8 Å². The Hall–Kier alpha value is -2.62. The molecule has 2 aromatic rings. The van der Waals surface area contributed by atoms with Gasteiger partial charge in [-0.3, -0.25) is 4.99 Å². The molecule has 4 heteroatoms. The average Bonchev–Trinajstić information content (AvgIpc) is 2.48. The normalized spacial score (nSPS) is 12.5. The molecule has 4 nitrogen and oxygen atoms in total. The molecule has 0 aliphatic heterocycles. The second-order valence-corrected chi connectivity index (χ2v) is 4.55. The van der Waals surface area contributed by atoms with Gasteiger partial charge in [0, 0.05) is 5.69 Å². The molecular weight excluding hydrogens is 250 g/mol. The molecule has 0 saturated carbocycles. The first-order valence-electron chi connectivity index (χ1n) is 6.30. The third kappa shape index (κ3) is 3.23. The molecule has 2 rings (SSSR count). The molecule has 0 aliphatic rings. The highest BCUT2D eigenvalue weighted by Crippen LogP contribution is 2.23. The summed E-state index contributed by atoms with van der Waals surface area (Å²) in [7, 11) is 0. The van der Waals surface area contributed by atoms with Gasteiger partial charge < -0.3 is 10.9 Å². The van der Waals surface area contributed by atoms with Crippen LogP contribution in [0.25, 0.3) is 11.1 Å². The second kappa shape index (κ2) is 6.02. The first-order valence-corrected chi connectivity index (χ1v) is 6.30. The molecule has 0 fully saturated rings. The van der Waals surface area contributed by atoms with Crippen molar-refractivity contribution in [1.82, 2.24) is 0 Å². The summed E-state index contributed by atoms with van der Waals surface area (Å²) in [5, 5.41) is 11.8. The van der Waals surface area contributed by atoms with E-state index in [1.807, 2.05) is 55.5 Å². The highest BCUT2D eigenvalue weighted by Gasteiger charge is 2.00. The summed E-state index contributed by atoms with van der Waals surface area (Å²) in [5.74, 6) is 0. The number of nitrogen functional groups attached to an aromatic ring is 1. The highest BCUT2D eigenvalue weighted by atomic mass is 16.4. The SMILES string of the molecule is CC(=Nc1ccc(-c2ccc(N)cc2)cc1)/C(C)=N\O.